The molecular weight excluding hydrogens is 488 g/mol. The van der Waals surface area contributed by atoms with E-state index < -0.39 is 13.9 Å². The molecule has 1 aliphatic heterocycles. The molecule has 37 heavy (non-hydrogen) atoms. The van der Waals surface area contributed by atoms with E-state index in [0.717, 1.165) is 30.2 Å². The number of carbonyl (C=O) groups excluding carboxylic acids is 1. The molecule has 1 saturated carbocycles. The summed E-state index contributed by atoms with van der Waals surface area (Å²) in [4.78, 5) is 19.8. The average Bonchev–Trinajstić information content (AvgIpc) is 2.84. The minimum Gasteiger partial charge on any atom is -0.490 e. The molecule has 0 unspecified atom stereocenters. The molecule has 0 bridgehead atoms. The highest BCUT2D eigenvalue weighted by Gasteiger charge is 2.62. The summed E-state index contributed by atoms with van der Waals surface area (Å²) in [5.41, 5.74) is -0.324. The smallest absolute Gasteiger partial charge is 0.259 e. The Bertz CT molecular complexity index is 884. The van der Waals surface area contributed by atoms with Gasteiger partial charge in [0.25, 0.3) is 5.91 Å². The fraction of sp³-hybridized carbons (Fsp3) is 0.786. The van der Waals surface area contributed by atoms with Crippen molar-refractivity contribution < 1.29 is 28.2 Å². The van der Waals surface area contributed by atoms with Crippen molar-refractivity contribution >= 4 is 14.2 Å². The van der Waals surface area contributed by atoms with Crippen molar-refractivity contribution in [2.45, 2.75) is 102 Å². The third-order valence-corrected chi connectivity index (χ3v) is 12.9. The molecule has 1 amide bonds. The predicted octanol–water partition coefficient (Wildman–Crippen LogP) is 5.17. The van der Waals surface area contributed by atoms with E-state index >= 15 is 0 Å². The summed E-state index contributed by atoms with van der Waals surface area (Å²) in [6.07, 6.45) is 7.49. The lowest BCUT2D eigenvalue weighted by molar-refractivity contribution is -0.234. The van der Waals surface area contributed by atoms with Gasteiger partial charge in [-0.25, -0.2) is 0 Å². The van der Waals surface area contributed by atoms with E-state index in [9.17, 15) is 4.79 Å². The van der Waals surface area contributed by atoms with Crippen molar-refractivity contribution in [2.24, 2.45) is 5.92 Å². The number of ether oxygens (including phenoxy) is 4. The number of likely N-dealkylation sites (tertiary alicyclic amines) is 1. The number of aromatic nitrogens is 1. The van der Waals surface area contributed by atoms with E-state index in [1.165, 1.54) is 12.8 Å². The molecule has 2 heterocycles. The SMILES string of the molecule is COCO[C@@]1(Cc2cc(OC3CCC(C)CC3)ccn2)C(=O)N(COC)[C@H]1CCO[Si](C)(C)C(C)(C)C. The van der Waals surface area contributed by atoms with Crippen LogP contribution in [-0.2, 0) is 29.9 Å². The lowest BCUT2D eigenvalue weighted by Crippen LogP contribution is -2.76. The van der Waals surface area contributed by atoms with Crippen LogP contribution < -0.4 is 4.74 Å². The molecule has 1 saturated heterocycles. The second kappa shape index (κ2) is 12.6. The summed E-state index contributed by atoms with van der Waals surface area (Å²) >= 11 is 0. The lowest BCUT2D eigenvalue weighted by atomic mass is 9.77. The Morgan fingerprint density at radius 1 is 1.14 bits per heavy atom. The molecule has 9 heteroatoms. The Morgan fingerprint density at radius 2 is 1.84 bits per heavy atom. The topological polar surface area (TPSA) is 79.4 Å². The first-order valence-corrected chi connectivity index (χ1v) is 16.5. The van der Waals surface area contributed by atoms with Gasteiger partial charge in [0.2, 0.25) is 0 Å². The number of carbonyl (C=O) groups is 1. The normalized spacial score (nSPS) is 26.8. The fourth-order valence-electron chi connectivity index (χ4n) is 5.03. The van der Waals surface area contributed by atoms with Crippen molar-refractivity contribution in [3.63, 3.8) is 0 Å². The van der Waals surface area contributed by atoms with Gasteiger partial charge in [0.1, 0.15) is 19.3 Å². The average molecular weight is 537 g/mol. The summed E-state index contributed by atoms with van der Waals surface area (Å²) in [5.74, 6) is 1.45. The standard InChI is InChI=1S/C28H48N2O6Si/c1-21-9-11-23(12-10-21)36-24-13-15-29-22(17-24)18-28(34-20-33-6)25(30(19-32-5)26(28)31)14-16-35-37(7,8)27(2,3)4/h13,15,17,21,23,25H,9-12,14,16,18-20H2,1-8H3/t21?,23?,25-,28+/m0/s1. The first-order valence-electron chi connectivity index (χ1n) is 13.6. The Hall–Kier alpha value is -1.52. The molecular formula is C28H48N2O6Si. The second-order valence-electron chi connectivity index (χ2n) is 12.2. The van der Waals surface area contributed by atoms with Crippen LogP contribution in [0.3, 0.4) is 0 Å². The van der Waals surface area contributed by atoms with Crippen molar-refractivity contribution in [3.05, 3.63) is 24.0 Å². The number of rotatable bonds is 13. The third kappa shape index (κ3) is 7.12. The molecule has 0 radical (unpaired) electrons. The predicted molar refractivity (Wildman–Crippen MR) is 146 cm³/mol. The lowest BCUT2D eigenvalue weighted by Gasteiger charge is -2.55. The van der Waals surface area contributed by atoms with Crippen LogP contribution in [0.25, 0.3) is 0 Å². The van der Waals surface area contributed by atoms with Crippen LogP contribution in [-0.4, -0.2) is 76.2 Å². The van der Waals surface area contributed by atoms with Crippen molar-refractivity contribution in [1.82, 2.24) is 9.88 Å². The zero-order valence-electron chi connectivity index (χ0n) is 24.2. The van der Waals surface area contributed by atoms with Crippen molar-refractivity contribution in [3.8, 4) is 5.75 Å². The van der Waals surface area contributed by atoms with Crippen LogP contribution in [0.15, 0.2) is 18.3 Å². The van der Waals surface area contributed by atoms with Gasteiger partial charge in [0.15, 0.2) is 13.9 Å². The molecule has 3 rings (SSSR count). The fourth-order valence-corrected chi connectivity index (χ4v) is 6.09. The van der Waals surface area contributed by atoms with Gasteiger partial charge in [0, 0.05) is 45.2 Å². The van der Waals surface area contributed by atoms with Gasteiger partial charge in [-0.2, -0.15) is 0 Å². The molecule has 1 aromatic rings. The highest BCUT2D eigenvalue weighted by Crippen LogP contribution is 2.41. The first kappa shape index (κ1) is 30.0. The van der Waals surface area contributed by atoms with Crippen LogP contribution >= 0.6 is 0 Å². The van der Waals surface area contributed by atoms with Crippen LogP contribution in [0.5, 0.6) is 5.75 Å². The molecule has 2 aliphatic rings. The summed E-state index contributed by atoms with van der Waals surface area (Å²) < 4.78 is 29.5. The number of amides is 1. The number of hydrogen-bond donors (Lipinski definition) is 0. The number of nitrogens with zero attached hydrogens (tertiary/aromatic N) is 2. The number of methoxy groups -OCH3 is 2. The van der Waals surface area contributed by atoms with Gasteiger partial charge < -0.3 is 28.3 Å². The van der Waals surface area contributed by atoms with E-state index in [-0.39, 0.29) is 36.6 Å². The van der Waals surface area contributed by atoms with Gasteiger partial charge in [-0.05, 0) is 62.2 Å². The molecule has 0 aromatic carbocycles. The Kier molecular flexibility index (Phi) is 10.2. The van der Waals surface area contributed by atoms with Crippen LogP contribution in [0.2, 0.25) is 18.1 Å². The number of hydrogen-bond acceptors (Lipinski definition) is 7. The number of pyridine rings is 1. The highest BCUT2D eigenvalue weighted by molar-refractivity contribution is 6.74. The molecule has 8 nitrogen and oxygen atoms in total. The molecule has 1 aliphatic carbocycles. The van der Waals surface area contributed by atoms with Gasteiger partial charge in [0.05, 0.1) is 12.1 Å². The maximum absolute atomic E-state index is 13.5. The summed E-state index contributed by atoms with van der Waals surface area (Å²) in [6, 6.07) is 3.63. The Morgan fingerprint density at radius 3 is 2.46 bits per heavy atom. The maximum atomic E-state index is 13.5. The van der Waals surface area contributed by atoms with Crippen molar-refractivity contribution in [2.75, 3.05) is 34.4 Å². The van der Waals surface area contributed by atoms with Crippen LogP contribution in [0, 0.1) is 5.92 Å². The zero-order valence-corrected chi connectivity index (χ0v) is 25.2. The van der Waals surface area contributed by atoms with Crippen LogP contribution in [0.4, 0.5) is 0 Å². The number of β-lactam (4-membered cyclic amide) rings is 1. The minimum atomic E-state index is -1.93. The minimum absolute atomic E-state index is 0.0165. The molecule has 2 atom stereocenters. The van der Waals surface area contributed by atoms with Gasteiger partial charge in [-0.3, -0.25) is 9.78 Å². The van der Waals surface area contributed by atoms with E-state index in [2.05, 4.69) is 45.8 Å². The molecule has 2 fully saturated rings. The highest BCUT2D eigenvalue weighted by atomic mass is 28.4. The largest absolute Gasteiger partial charge is 0.490 e. The van der Waals surface area contributed by atoms with E-state index in [1.807, 2.05) is 12.1 Å². The summed E-state index contributed by atoms with van der Waals surface area (Å²) in [7, 11) is 1.24. The van der Waals surface area contributed by atoms with Gasteiger partial charge in [-0.15, -0.1) is 0 Å². The monoisotopic (exact) mass is 536 g/mol. The van der Waals surface area contributed by atoms with E-state index in [0.29, 0.717) is 19.4 Å². The van der Waals surface area contributed by atoms with Gasteiger partial charge in [-0.1, -0.05) is 27.7 Å². The second-order valence-corrected chi connectivity index (χ2v) is 17.0. The van der Waals surface area contributed by atoms with E-state index in [4.69, 9.17) is 23.4 Å². The van der Waals surface area contributed by atoms with Crippen molar-refractivity contribution in [1.29, 1.82) is 0 Å². The first-order chi connectivity index (χ1) is 17.4. The Balaban J connectivity index is 1.77. The third-order valence-electron chi connectivity index (χ3n) is 8.40. The summed E-state index contributed by atoms with van der Waals surface area (Å²) in [5, 5.41) is 0.110. The quantitative estimate of drug-likeness (QED) is 0.196. The maximum Gasteiger partial charge on any atom is 0.259 e. The summed E-state index contributed by atoms with van der Waals surface area (Å²) in [6.45, 7) is 14.2. The Labute approximate surface area is 224 Å². The van der Waals surface area contributed by atoms with Crippen LogP contribution in [0.1, 0.15) is 65.5 Å². The molecule has 0 spiro atoms. The molecule has 1 aromatic heterocycles. The van der Waals surface area contributed by atoms with E-state index in [1.54, 1.807) is 25.3 Å². The molecule has 210 valence electrons. The van der Waals surface area contributed by atoms with Gasteiger partial charge >= 0.3 is 0 Å². The zero-order chi connectivity index (χ0) is 27.3. The molecule has 0 N–H and O–H groups in total.